The molecule has 0 spiro atoms. The normalized spacial score (nSPS) is 18.8. The number of fused-ring (bicyclic) bond motifs is 1. The number of pyridine rings is 1. The van der Waals surface area contributed by atoms with Crippen molar-refractivity contribution in [3.05, 3.63) is 36.7 Å². The molecule has 1 aromatic heterocycles. The van der Waals surface area contributed by atoms with Crippen molar-refractivity contribution < 1.29 is 8.42 Å². The van der Waals surface area contributed by atoms with Crippen LogP contribution in [0.4, 0.5) is 0 Å². The molecule has 2 heterocycles. The molecule has 1 aromatic carbocycles. The van der Waals surface area contributed by atoms with E-state index in [0.29, 0.717) is 23.9 Å². The maximum Gasteiger partial charge on any atom is 0.243 e. The minimum atomic E-state index is -3.49. The van der Waals surface area contributed by atoms with Gasteiger partial charge in [-0.15, -0.1) is 0 Å². The van der Waals surface area contributed by atoms with E-state index in [2.05, 4.69) is 11.9 Å². The van der Waals surface area contributed by atoms with Gasteiger partial charge in [-0.25, -0.2) is 8.42 Å². The second kappa shape index (κ2) is 7.17. The van der Waals surface area contributed by atoms with E-state index in [1.54, 1.807) is 34.9 Å². The van der Waals surface area contributed by atoms with E-state index < -0.39 is 10.0 Å². The van der Waals surface area contributed by atoms with Gasteiger partial charge < -0.3 is 5.73 Å². The first-order valence-corrected chi connectivity index (χ1v) is 10.1. The predicted molar refractivity (Wildman–Crippen MR) is 96.1 cm³/mol. The Morgan fingerprint density at radius 3 is 2.75 bits per heavy atom. The molecule has 0 bridgehead atoms. The molecule has 0 amide bonds. The molecule has 1 saturated heterocycles. The van der Waals surface area contributed by atoms with Gasteiger partial charge in [0.05, 0.1) is 4.90 Å². The monoisotopic (exact) mass is 347 g/mol. The highest BCUT2D eigenvalue weighted by molar-refractivity contribution is 7.89. The Balaban J connectivity index is 1.82. The lowest BCUT2D eigenvalue weighted by Crippen LogP contribution is -2.43. The first-order valence-electron chi connectivity index (χ1n) is 8.62. The second-order valence-corrected chi connectivity index (χ2v) is 8.45. The quantitative estimate of drug-likeness (QED) is 0.902. The number of benzene rings is 1. The SMILES string of the molecule is CCCC(N)C1CCN(S(=O)(=O)c2cccc3cnccc23)CC1. The standard InChI is InChI=1S/C18H25N3O2S/c1-2-4-17(19)14-8-11-21(12-9-14)24(22,23)18-6-3-5-15-13-20-10-7-16(15)18/h3,5-7,10,13-14,17H,2,4,8-9,11-12,19H2,1H3. The summed E-state index contributed by atoms with van der Waals surface area (Å²) in [6.45, 7) is 3.23. The fourth-order valence-electron chi connectivity index (χ4n) is 3.57. The summed E-state index contributed by atoms with van der Waals surface area (Å²) >= 11 is 0. The Bertz CT molecular complexity index is 794. The topological polar surface area (TPSA) is 76.3 Å². The molecule has 6 heteroatoms. The average Bonchev–Trinajstić information content (AvgIpc) is 2.61. The van der Waals surface area contributed by atoms with Gasteiger partial charge in [-0.3, -0.25) is 4.98 Å². The zero-order chi connectivity index (χ0) is 17.2. The summed E-state index contributed by atoms with van der Waals surface area (Å²) < 4.78 is 27.8. The van der Waals surface area contributed by atoms with Crippen molar-refractivity contribution in [1.82, 2.24) is 9.29 Å². The molecule has 1 unspecified atom stereocenters. The highest BCUT2D eigenvalue weighted by Crippen LogP contribution is 2.29. The van der Waals surface area contributed by atoms with Crippen molar-refractivity contribution in [3.8, 4) is 0 Å². The predicted octanol–water partition coefficient (Wildman–Crippen LogP) is 2.76. The van der Waals surface area contributed by atoms with E-state index in [4.69, 9.17) is 5.73 Å². The van der Waals surface area contributed by atoms with Gasteiger partial charge in [0.25, 0.3) is 0 Å². The fourth-order valence-corrected chi connectivity index (χ4v) is 5.25. The third-order valence-electron chi connectivity index (χ3n) is 4.98. The zero-order valence-electron chi connectivity index (χ0n) is 14.1. The molecular formula is C18H25N3O2S. The van der Waals surface area contributed by atoms with Crippen molar-refractivity contribution in [3.63, 3.8) is 0 Å². The molecule has 2 aromatic rings. The van der Waals surface area contributed by atoms with Gasteiger partial charge in [-0.2, -0.15) is 4.31 Å². The lowest BCUT2D eigenvalue weighted by atomic mass is 9.88. The summed E-state index contributed by atoms with van der Waals surface area (Å²) in [7, 11) is -3.49. The van der Waals surface area contributed by atoms with E-state index in [1.807, 2.05) is 6.07 Å². The van der Waals surface area contributed by atoms with Crippen LogP contribution in [0.15, 0.2) is 41.6 Å². The number of aromatic nitrogens is 1. The summed E-state index contributed by atoms with van der Waals surface area (Å²) in [4.78, 5) is 4.45. The van der Waals surface area contributed by atoms with Crippen LogP contribution < -0.4 is 5.73 Å². The first-order chi connectivity index (χ1) is 11.5. The van der Waals surface area contributed by atoms with Gasteiger partial charge in [0.1, 0.15) is 0 Å². The lowest BCUT2D eigenvalue weighted by molar-refractivity contribution is 0.238. The molecular weight excluding hydrogens is 322 g/mol. The van der Waals surface area contributed by atoms with E-state index in [9.17, 15) is 8.42 Å². The molecule has 1 fully saturated rings. The van der Waals surface area contributed by atoms with Gasteiger partial charge in [0.2, 0.25) is 10.0 Å². The summed E-state index contributed by atoms with van der Waals surface area (Å²) in [5.74, 6) is 0.424. The summed E-state index contributed by atoms with van der Waals surface area (Å²) in [5, 5.41) is 1.58. The van der Waals surface area contributed by atoms with Crippen LogP contribution in [-0.2, 0) is 10.0 Å². The smallest absolute Gasteiger partial charge is 0.243 e. The number of sulfonamides is 1. The minimum Gasteiger partial charge on any atom is -0.327 e. The molecule has 2 N–H and O–H groups in total. The van der Waals surface area contributed by atoms with E-state index in [1.165, 1.54) is 0 Å². The van der Waals surface area contributed by atoms with Gasteiger partial charge in [-0.1, -0.05) is 25.5 Å². The van der Waals surface area contributed by atoms with Gasteiger partial charge in [-0.05, 0) is 37.3 Å². The number of hydrogen-bond donors (Lipinski definition) is 1. The molecule has 24 heavy (non-hydrogen) atoms. The summed E-state index contributed by atoms with van der Waals surface area (Å²) in [5.41, 5.74) is 6.22. The first kappa shape index (κ1) is 17.3. The van der Waals surface area contributed by atoms with Crippen LogP contribution in [0.5, 0.6) is 0 Å². The minimum absolute atomic E-state index is 0.184. The molecule has 1 aliphatic rings. The Morgan fingerprint density at radius 1 is 1.29 bits per heavy atom. The zero-order valence-corrected chi connectivity index (χ0v) is 14.9. The van der Waals surface area contributed by atoms with E-state index >= 15 is 0 Å². The fraction of sp³-hybridized carbons (Fsp3) is 0.500. The Kier molecular flexibility index (Phi) is 5.18. The molecule has 0 saturated carbocycles. The number of piperidine rings is 1. The number of nitrogens with two attached hydrogens (primary N) is 1. The lowest BCUT2D eigenvalue weighted by Gasteiger charge is -2.34. The molecule has 130 valence electrons. The van der Waals surface area contributed by atoms with Crippen molar-refractivity contribution in [2.24, 2.45) is 11.7 Å². The summed E-state index contributed by atoms with van der Waals surface area (Å²) in [6, 6.07) is 7.31. The molecule has 1 atom stereocenters. The maximum absolute atomic E-state index is 13.1. The second-order valence-electron chi connectivity index (χ2n) is 6.55. The molecule has 0 aliphatic carbocycles. The number of nitrogens with zero attached hydrogens (tertiary/aromatic N) is 2. The van der Waals surface area contributed by atoms with Gasteiger partial charge in [0, 0.05) is 42.3 Å². The van der Waals surface area contributed by atoms with Gasteiger partial charge >= 0.3 is 0 Å². The van der Waals surface area contributed by atoms with Crippen LogP contribution in [0, 0.1) is 5.92 Å². The molecule has 3 rings (SSSR count). The Morgan fingerprint density at radius 2 is 2.04 bits per heavy atom. The van der Waals surface area contributed by atoms with Gasteiger partial charge in [0.15, 0.2) is 0 Å². The van der Waals surface area contributed by atoms with Crippen LogP contribution in [0.3, 0.4) is 0 Å². The van der Waals surface area contributed by atoms with Crippen LogP contribution >= 0.6 is 0 Å². The van der Waals surface area contributed by atoms with E-state index in [0.717, 1.165) is 36.5 Å². The number of hydrogen-bond acceptors (Lipinski definition) is 4. The Labute approximate surface area is 143 Å². The average molecular weight is 347 g/mol. The van der Waals surface area contributed by atoms with E-state index in [-0.39, 0.29) is 6.04 Å². The molecule has 1 aliphatic heterocycles. The molecule has 5 nitrogen and oxygen atoms in total. The third-order valence-corrected chi connectivity index (χ3v) is 6.94. The molecule has 0 radical (unpaired) electrons. The maximum atomic E-state index is 13.1. The largest absolute Gasteiger partial charge is 0.327 e. The van der Waals surface area contributed by atoms with Crippen LogP contribution in [0.1, 0.15) is 32.6 Å². The van der Waals surface area contributed by atoms with Crippen LogP contribution in [0.2, 0.25) is 0 Å². The van der Waals surface area contributed by atoms with Crippen molar-refractivity contribution >= 4 is 20.8 Å². The van der Waals surface area contributed by atoms with Crippen LogP contribution in [0.25, 0.3) is 10.8 Å². The van der Waals surface area contributed by atoms with Crippen LogP contribution in [-0.4, -0.2) is 36.8 Å². The summed E-state index contributed by atoms with van der Waals surface area (Å²) in [6.07, 6.45) is 7.10. The third kappa shape index (κ3) is 3.31. The van der Waals surface area contributed by atoms with Crippen molar-refractivity contribution in [2.75, 3.05) is 13.1 Å². The van der Waals surface area contributed by atoms with Crippen molar-refractivity contribution in [1.29, 1.82) is 0 Å². The Hall–Kier alpha value is -1.50. The number of rotatable bonds is 5. The van der Waals surface area contributed by atoms with Crippen molar-refractivity contribution in [2.45, 2.75) is 43.5 Å². The highest BCUT2D eigenvalue weighted by atomic mass is 32.2. The highest BCUT2D eigenvalue weighted by Gasteiger charge is 2.32.